The maximum absolute atomic E-state index is 14.8. The molecular weight excluding hydrogens is 731 g/mol. The number of carbonyl (C=O) groups excluding carboxylic acids is 3. The maximum atomic E-state index is 14.8. The number of amides is 3. The van der Waals surface area contributed by atoms with Crippen LogP contribution in [0.4, 0.5) is 26.0 Å². The minimum absolute atomic E-state index is 0. The van der Waals surface area contributed by atoms with Crippen LogP contribution in [0.2, 0.25) is 5.02 Å². The number of likely N-dealkylation sites (tertiary alicyclic amines) is 1. The average molecular weight is 775 g/mol. The van der Waals surface area contributed by atoms with Gasteiger partial charge < -0.3 is 35.6 Å². The Morgan fingerprint density at radius 1 is 1.06 bits per heavy atom. The number of methoxy groups -OCH3 is 1. The molecule has 1 aromatic heterocycles. The quantitative estimate of drug-likeness (QED) is 0.127. The van der Waals surface area contributed by atoms with Gasteiger partial charge in [0.1, 0.15) is 40.8 Å². The van der Waals surface area contributed by atoms with E-state index in [4.69, 9.17) is 21.1 Å². The zero-order valence-corrected chi connectivity index (χ0v) is 31.7. The molecule has 1 fully saturated rings. The molecule has 0 bridgehead atoms. The summed E-state index contributed by atoms with van der Waals surface area (Å²) >= 11 is 5.79. The molecule has 4 atom stereocenters. The SMILES string of the molecule is CNC(C)C(=O)NC(C(=O)N1C[C@H](OCc2ccccc2)C[C@H]1C(=O)Nc1cc2c(Nc3ccc(F)c(Cl)c3F)ncnc2cc1OC)C(C)(C)C.Cl. The molecule has 3 aromatic carbocycles. The van der Waals surface area contributed by atoms with Crippen LogP contribution >= 0.6 is 24.0 Å². The van der Waals surface area contributed by atoms with Gasteiger partial charge in [-0.15, -0.1) is 12.4 Å². The van der Waals surface area contributed by atoms with Crippen LogP contribution < -0.4 is 26.0 Å². The number of ether oxygens (including phenoxy) is 2. The van der Waals surface area contributed by atoms with E-state index in [1.54, 1.807) is 26.1 Å². The van der Waals surface area contributed by atoms with Gasteiger partial charge >= 0.3 is 0 Å². The fourth-order valence-corrected chi connectivity index (χ4v) is 5.99. The number of benzene rings is 3. The molecule has 5 rings (SSSR count). The van der Waals surface area contributed by atoms with Crippen LogP contribution in [0, 0.1) is 17.0 Å². The number of likely N-dealkylation sites (N-methyl/N-ethyl adjacent to an activating group) is 1. The Kier molecular flexibility index (Phi) is 13.6. The van der Waals surface area contributed by atoms with Crippen LogP contribution in [0.1, 0.15) is 39.7 Å². The molecule has 0 saturated carbocycles. The van der Waals surface area contributed by atoms with Crippen molar-refractivity contribution in [2.75, 3.05) is 31.3 Å². The summed E-state index contributed by atoms with van der Waals surface area (Å²) in [4.78, 5) is 51.5. The lowest BCUT2D eigenvalue weighted by atomic mass is 9.85. The first kappa shape index (κ1) is 41.1. The smallest absolute Gasteiger partial charge is 0.247 e. The normalized spacial score (nSPS) is 16.7. The minimum atomic E-state index is -1.00. The van der Waals surface area contributed by atoms with E-state index in [9.17, 15) is 23.2 Å². The number of fused-ring (bicyclic) bond motifs is 1. The van der Waals surface area contributed by atoms with E-state index in [1.807, 2.05) is 51.1 Å². The maximum Gasteiger partial charge on any atom is 0.247 e. The van der Waals surface area contributed by atoms with E-state index in [0.29, 0.717) is 10.9 Å². The number of hydrogen-bond acceptors (Lipinski definition) is 9. The monoisotopic (exact) mass is 773 g/mol. The van der Waals surface area contributed by atoms with Crippen molar-refractivity contribution in [1.29, 1.82) is 0 Å². The molecule has 4 N–H and O–H groups in total. The van der Waals surface area contributed by atoms with Crippen molar-refractivity contribution in [2.45, 2.75) is 65.0 Å². The van der Waals surface area contributed by atoms with Gasteiger partial charge in [0.2, 0.25) is 17.7 Å². The fourth-order valence-electron chi connectivity index (χ4n) is 5.83. The number of aromatic nitrogens is 2. The Balaban J connectivity index is 0.00000627. The summed E-state index contributed by atoms with van der Waals surface area (Å²) in [7, 11) is 3.07. The van der Waals surface area contributed by atoms with Crippen molar-refractivity contribution in [2.24, 2.45) is 5.41 Å². The zero-order chi connectivity index (χ0) is 37.7. The standard InChI is InChI=1S/C37H42ClF2N7O5.ClH/c1-20(41-5)34(48)46-32(37(2,3)4)36(50)47-17-22(52-18-21-10-8-7-9-11-21)14-28(47)35(49)45-27-15-23-26(16-29(27)51-6)42-19-43-33(23)44-25-13-12-24(39)30(38)31(25)40;/h7-13,15-16,19-20,22,28,32,41H,14,17-18H2,1-6H3,(H,45,49)(H,46,48)(H,42,43,44);1H/t20?,22-,28+,32?;/m1./s1. The van der Waals surface area contributed by atoms with Gasteiger partial charge in [-0.25, -0.2) is 18.7 Å². The van der Waals surface area contributed by atoms with Crippen LogP contribution in [0.3, 0.4) is 0 Å². The minimum Gasteiger partial charge on any atom is -0.494 e. The third kappa shape index (κ3) is 9.49. The lowest BCUT2D eigenvalue weighted by molar-refractivity contribution is -0.143. The Hall–Kier alpha value is -4.63. The van der Waals surface area contributed by atoms with Gasteiger partial charge in [0.05, 0.1) is 42.8 Å². The molecule has 2 heterocycles. The Bertz CT molecular complexity index is 1950. The molecule has 2 unspecified atom stereocenters. The molecule has 1 aliphatic heterocycles. The lowest BCUT2D eigenvalue weighted by Crippen LogP contribution is -2.59. The number of nitrogens with zero attached hydrogens (tertiary/aromatic N) is 3. The van der Waals surface area contributed by atoms with Crippen LogP contribution in [0.15, 0.2) is 60.9 Å². The van der Waals surface area contributed by atoms with Crippen LogP contribution in [-0.4, -0.2) is 77.5 Å². The summed E-state index contributed by atoms with van der Waals surface area (Å²) in [5, 5.41) is 11.2. The number of nitrogens with one attached hydrogen (secondary N) is 4. The van der Waals surface area contributed by atoms with Gasteiger partial charge in [-0.2, -0.15) is 0 Å². The van der Waals surface area contributed by atoms with Crippen LogP contribution in [0.5, 0.6) is 5.75 Å². The second kappa shape index (κ2) is 17.5. The zero-order valence-electron chi connectivity index (χ0n) is 30.1. The van der Waals surface area contributed by atoms with Crippen LogP contribution in [0.25, 0.3) is 10.9 Å². The topological polar surface area (TPSA) is 147 Å². The highest BCUT2D eigenvalue weighted by Crippen LogP contribution is 2.36. The van der Waals surface area contributed by atoms with Gasteiger partial charge in [-0.3, -0.25) is 14.4 Å². The molecule has 0 aliphatic carbocycles. The first-order valence-electron chi connectivity index (χ1n) is 16.7. The highest BCUT2D eigenvalue weighted by molar-refractivity contribution is 6.31. The largest absolute Gasteiger partial charge is 0.494 e. The molecule has 0 spiro atoms. The third-order valence-corrected chi connectivity index (χ3v) is 9.25. The summed E-state index contributed by atoms with van der Waals surface area (Å²) in [6.07, 6.45) is 0.941. The highest BCUT2D eigenvalue weighted by Gasteiger charge is 2.45. The van der Waals surface area contributed by atoms with Crippen molar-refractivity contribution in [1.82, 2.24) is 25.5 Å². The average Bonchev–Trinajstić information content (AvgIpc) is 3.57. The molecule has 1 saturated heterocycles. The Morgan fingerprint density at radius 2 is 1.77 bits per heavy atom. The summed E-state index contributed by atoms with van der Waals surface area (Å²) < 4.78 is 40.5. The van der Waals surface area contributed by atoms with E-state index < -0.39 is 58.1 Å². The summed E-state index contributed by atoms with van der Waals surface area (Å²) in [5.74, 6) is -2.82. The van der Waals surface area contributed by atoms with Gasteiger partial charge in [-0.1, -0.05) is 62.7 Å². The molecule has 3 amide bonds. The Morgan fingerprint density at radius 3 is 2.43 bits per heavy atom. The molecule has 16 heteroatoms. The van der Waals surface area contributed by atoms with E-state index >= 15 is 0 Å². The van der Waals surface area contributed by atoms with Gasteiger partial charge in [-0.05, 0) is 43.1 Å². The molecule has 53 heavy (non-hydrogen) atoms. The van der Waals surface area contributed by atoms with Crippen LogP contribution in [-0.2, 0) is 25.7 Å². The van der Waals surface area contributed by atoms with Crippen molar-refractivity contribution in [3.8, 4) is 5.75 Å². The molecule has 0 radical (unpaired) electrons. The van der Waals surface area contributed by atoms with Crippen molar-refractivity contribution < 1.29 is 32.6 Å². The molecular formula is C37H43Cl2F2N7O5. The van der Waals surface area contributed by atoms with Gasteiger partial charge in [0.25, 0.3) is 0 Å². The van der Waals surface area contributed by atoms with E-state index in [2.05, 4.69) is 31.2 Å². The molecule has 1 aliphatic rings. The van der Waals surface area contributed by atoms with Gasteiger partial charge in [0.15, 0.2) is 5.82 Å². The second-order valence-electron chi connectivity index (χ2n) is 13.6. The predicted octanol–water partition coefficient (Wildman–Crippen LogP) is 6.00. The lowest BCUT2D eigenvalue weighted by Gasteiger charge is -2.36. The number of halogens is 4. The van der Waals surface area contributed by atoms with E-state index in [-0.39, 0.29) is 60.8 Å². The Labute approximate surface area is 317 Å². The fraction of sp³-hybridized carbons (Fsp3) is 0.378. The first-order valence-corrected chi connectivity index (χ1v) is 17.1. The number of carbonyl (C=O) groups is 3. The molecule has 4 aromatic rings. The summed E-state index contributed by atoms with van der Waals surface area (Å²) in [5.41, 5.74) is 0.722. The first-order chi connectivity index (χ1) is 24.7. The molecule has 284 valence electrons. The number of hydrogen-bond donors (Lipinski definition) is 4. The third-order valence-electron chi connectivity index (χ3n) is 8.91. The van der Waals surface area contributed by atoms with E-state index in [0.717, 1.165) is 11.6 Å². The van der Waals surface area contributed by atoms with Crippen molar-refractivity contribution in [3.05, 3.63) is 83.1 Å². The molecule has 12 nitrogen and oxygen atoms in total. The highest BCUT2D eigenvalue weighted by atomic mass is 35.5. The number of rotatable bonds is 12. The van der Waals surface area contributed by atoms with Crippen molar-refractivity contribution >= 4 is 69.8 Å². The number of anilines is 3. The summed E-state index contributed by atoms with van der Waals surface area (Å²) in [6, 6.07) is 12.4. The second-order valence-corrected chi connectivity index (χ2v) is 14.0. The van der Waals surface area contributed by atoms with Gasteiger partial charge in [0, 0.05) is 24.4 Å². The summed E-state index contributed by atoms with van der Waals surface area (Å²) in [6.45, 7) is 7.59. The van der Waals surface area contributed by atoms with Crippen molar-refractivity contribution in [3.63, 3.8) is 0 Å². The predicted molar refractivity (Wildman–Crippen MR) is 202 cm³/mol. The van der Waals surface area contributed by atoms with E-state index in [1.165, 1.54) is 24.4 Å².